The average Bonchev–Trinajstić information content (AvgIpc) is 2.52. The van der Waals surface area contributed by atoms with Crippen LogP contribution in [0.2, 0.25) is 5.02 Å². The van der Waals surface area contributed by atoms with Crippen LogP contribution in [0.3, 0.4) is 0 Å². The van der Waals surface area contributed by atoms with Gasteiger partial charge in [0.15, 0.2) is 18.9 Å². The first-order valence-corrected chi connectivity index (χ1v) is 7.09. The molecule has 2 aromatic carbocycles. The Morgan fingerprint density at radius 1 is 0.857 bits per heavy atom. The number of halogens is 2. The van der Waals surface area contributed by atoms with Crippen molar-refractivity contribution in [3.63, 3.8) is 0 Å². The van der Waals surface area contributed by atoms with Crippen LogP contribution in [-0.4, -0.2) is 0 Å². The summed E-state index contributed by atoms with van der Waals surface area (Å²) in [5, 5.41) is 0.451. The van der Waals surface area contributed by atoms with E-state index in [1.807, 2.05) is 47.3 Å². The Morgan fingerprint density at radius 3 is 2.38 bits per heavy atom. The Kier molecular flexibility index (Phi) is 3.98. The number of rotatable bonds is 3. The van der Waals surface area contributed by atoms with E-state index in [4.69, 9.17) is 11.6 Å². The molecule has 0 bridgehead atoms. The molecule has 1 heterocycles. The van der Waals surface area contributed by atoms with E-state index >= 15 is 0 Å². The fourth-order valence-electron chi connectivity index (χ4n) is 2.29. The van der Waals surface area contributed by atoms with Gasteiger partial charge in [-0.1, -0.05) is 48.0 Å². The molecule has 0 saturated heterocycles. The third-order valence-corrected chi connectivity index (χ3v) is 3.72. The molecule has 1 nitrogen and oxygen atoms in total. The molecular weight excluding hydrogens is 285 g/mol. The van der Waals surface area contributed by atoms with Crippen LogP contribution in [0.5, 0.6) is 0 Å². The lowest BCUT2D eigenvalue weighted by molar-refractivity contribution is -0.688. The van der Waals surface area contributed by atoms with Crippen LogP contribution in [0.4, 0.5) is 4.39 Å². The van der Waals surface area contributed by atoms with Crippen molar-refractivity contribution in [1.29, 1.82) is 0 Å². The number of benzene rings is 2. The van der Waals surface area contributed by atoms with Gasteiger partial charge in [-0.05, 0) is 23.8 Å². The van der Waals surface area contributed by atoms with Crippen molar-refractivity contribution in [2.45, 2.75) is 6.54 Å². The van der Waals surface area contributed by atoms with Gasteiger partial charge in [-0.3, -0.25) is 0 Å². The quantitative estimate of drug-likeness (QED) is 0.628. The number of pyridine rings is 1. The third-order valence-electron chi connectivity index (χ3n) is 3.37. The predicted octanol–water partition coefficient (Wildman–Crippen LogP) is 4.48. The second-order valence-corrected chi connectivity index (χ2v) is 5.24. The molecule has 1 aromatic heterocycles. The number of aromatic nitrogens is 1. The van der Waals surface area contributed by atoms with Crippen LogP contribution >= 0.6 is 11.6 Å². The highest BCUT2D eigenvalue weighted by atomic mass is 35.5. The molecule has 0 N–H and O–H groups in total. The van der Waals surface area contributed by atoms with Gasteiger partial charge >= 0.3 is 0 Å². The van der Waals surface area contributed by atoms with Gasteiger partial charge in [0.05, 0.1) is 10.6 Å². The first-order valence-electron chi connectivity index (χ1n) is 6.71. The highest BCUT2D eigenvalue weighted by Gasteiger charge is 2.13. The summed E-state index contributed by atoms with van der Waals surface area (Å²) < 4.78 is 15.8. The molecule has 3 aromatic rings. The van der Waals surface area contributed by atoms with Gasteiger partial charge in [-0.15, -0.1) is 0 Å². The summed E-state index contributed by atoms with van der Waals surface area (Å²) in [6.07, 6.45) is 3.91. The van der Waals surface area contributed by atoms with Crippen molar-refractivity contribution in [3.05, 3.63) is 89.5 Å². The van der Waals surface area contributed by atoms with Gasteiger partial charge in [-0.2, -0.15) is 0 Å². The largest absolute Gasteiger partial charge is 0.206 e. The van der Waals surface area contributed by atoms with Crippen molar-refractivity contribution in [2.24, 2.45) is 0 Å². The van der Waals surface area contributed by atoms with E-state index in [0.29, 0.717) is 17.1 Å². The van der Waals surface area contributed by atoms with Crippen molar-refractivity contribution >= 4 is 11.6 Å². The van der Waals surface area contributed by atoms with Crippen LogP contribution in [0.15, 0.2) is 73.1 Å². The Hall–Kier alpha value is -2.19. The van der Waals surface area contributed by atoms with Gasteiger partial charge < -0.3 is 0 Å². The van der Waals surface area contributed by atoms with E-state index in [2.05, 4.69) is 12.1 Å². The maximum Gasteiger partial charge on any atom is 0.178 e. The second kappa shape index (κ2) is 6.06. The molecule has 0 aliphatic rings. The van der Waals surface area contributed by atoms with Crippen molar-refractivity contribution in [1.82, 2.24) is 0 Å². The molecule has 3 heteroatoms. The van der Waals surface area contributed by atoms with Crippen LogP contribution in [0.1, 0.15) is 5.56 Å². The first kappa shape index (κ1) is 13.8. The van der Waals surface area contributed by atoms with Gasteiger partial charge in [0.1, 0.15) is 5.82 Å². The SMILES string of the molecule is Fc1cccc(Cl)c1C[n+]1cccc(-c2ccccc2)c1. The van der Waals surface area contributed by atoms with Gasteiger partial charge in [0, 0.05) is 11.6 Å². The summed E-state index contributed by atoms with van der Waals surface area (Å²) in [5.41, 5.74) is 2.73. The fraction of sp³-hybridized carbons (Fsp3) is 0.0556. The van der Waals surface area contributed by atoms with E-state index in [1.165, 1.54) is 6.07 Å². The zero-order chi connectivity index (χ0) is 14.7. The third kappa shape index (κ3) is 3.11. The summed E-state index contributed by atoms with van der Waals surface area (Å²) in [5.74, 6) is -0.278. The van der Waals surface area contributed by atoms with Crippen LogP contribution in [-0.2, 0) is 6.54 Å². The summed E-state index contributed by atoms with van der Waals surface area (Å²) in [6.45, 7) is 0.409. The average molecular weight is 299 g/mol. The Labute approximate surface area is 128 Å². The monoisotopic (exact) mass is 298 g/mol. The predicted molar refractivity (Wildman–Crippen MR) is 82.6 cm³/mol. The molecule has 0 spiro atoms. The molecular formula is C18H14ClFN+. The topological polar surface area (TPSA) is 3.88 Å². The summed E-state index contributed by atoms with van der Waals surface area (Å²) in [6, 6.07) is 18.8. The molecule has 104 valence electrons. The zero-order valence-electron chi connectivity index (χ0n) is 11.3. The highest BCUT2D eigenvalue weighted by molar-refractivity contribution is 6.31. The smallest absolute Gasteiger partial charge is 0.178 e. The van der Waals surface area contributed by atoms with Crippen LogP contribution in [0.25, 0.3) is 11.1 Å². The van der Waals surface area contributed by atoms with Crippen molar-refractivity contribution in [3.8, 4) is 11.1 Å². The lowest BCUT2D eigenvalue weighted by Gasteiger charge is -2.04. The lowest BCUT2D eigenvalue weighted by Crippen LogP contribution is -2.34. The molecule has 0 saturated carbocycles. The summed E-state index contributed by atoms with van der Waals surface area (Å²) >= 11 is 6.08. The van der Waals surface area contributed by atoms with Gasteiger partial charge in [0.2, 0.25) is 0 Å². The lowest BCUT2D eigenvalue weighted by atomic mass is 10.1. The molecule has 21 heavy (non-hydrogen) atoms. The van der Waals surface area contributed by atoms with Crippen LogP contribution in [0, 0.1) is 5.82 Å². The zero-order valence-corrected chi connectivity index (χ0v) is 12.1. The maximum absolute atomic E-state index is 13.9. The van der Waals surface area contributed by atoms with E-state index in [-0.39, 0.29) is 5.82 Å². The molecule has 0 radical (unpaired) electrons. The minimum atomic E-state index is -0.278. The van der Waals surface area contributed by atoms with Crippen LogP contribution < -0.4 is 4.57 Å². The van der Waals surface area contributed by atoms with E-state index < -0.39 is 0 Å². The van der Waals surface area contributed by atoms with Crippen molar-refractivity contribution < 1.29 is 8.96 Å². The number of hydrogen-bond donors (Lipinski definition) is 0. The van der Waals surface area contributed by atoms with Gasteiger partial charge in [-0.25, -0.2) is 8.96 Å². The van der Waals surface area contributed by atoms with E-state index in [0.717, 1.165) is 11.1 Å². The van der Waals surface area contributed by atoms with Gasteiger partial charge in [0.25, 0.3) is 0 Å². The maximum atomic E-state index is 13.9. The minimum Gasteiger partial charge on any atom is -0.206 e. The Balaban J connectivity index is 1.94. The molecule has 0 aliphatic heterocycles. The Morgan fingerprint density at radius 2 is 1.62 bits per heavy atom. The number of nitrogens with zero attached hydrogens (tertiary/aromatic N) is 1. The normalized spacial score (nSPS) is 10.6. The highest BCUT2D eigenvalue weighted by Crippen LogP contribution is 2.19. The molecule has 0 fully saturated rings. The minimum absolute atomic E-state index is 0.278. The van der Waals surface area contributed by atoms with Crippen molar-refractivity contribution in [2.75, 3.05) is 0 Å². The molecule has 0 unspecified atom stereocenters. The molecule has 0 atom stereocenters. The molecule has 3 rings (SSSR count). The first-order chi connectivity index (χ1) is 10.2. The fourth-order valence-corrected chi connectivity index (χ4v) is 2.51. The summed E-state index contributed by atoms with van der Waals surface area (Å²) in [7, 11) is 0. The Bertz CT molecular complexity index is 736. The summed E-state index contributed by atoms with van der Waals surface area (Å²) in [4.78, 5) is 0. The molecule has 0 amide bonds. The standard InChI is InChI=1S/C18H14ClFN/c19-17-9-4-10-18(20)16(17)13-21-11-5-8-15(12-21)14-6-2-1-3-7-14/h1-12H,13H2/q+1. The number of hydrogen-bond acceptors (Lipinski definition) is 0. The van der Waals surface area contributed by atoms with E-state index in [9.17, 15) is 4.39 Å². The van der Waals surface area contributed by atoms with E-state index in [1.54, 1.807) is 12.1 Å². The second-order valence-electron chi connectivity index (χ2n) is 4.83. The molecule has 0 aliphatic carbocycles.